The highest BCUT2D eigenvalue weighted by Gasteiger charge is 2.54. The number of piperidine rings is 1. The number of likely N-dealkylation sites (tertiary alicyclic amines) is 1. The number of para-hydroxylation sites is 1. The quantitative estimate of drug-likeness (QED) is 0.926. The summed E-state index contributed by atoms with van der Waals surface area (Å²) < 4.78 is 38.3. The Balaban J connectivity index is 1.67. The van der Waals surface area contributed by atoms with Gasteiger partial charge in [-0.05, 0) is 25.0 Å². The number of rotatable bonds is 2. The first-order valence-electron chi connectivity index (χ1n) is 7.24. The summed E-state index contributed by atoms with van der Waals surface area (Å²) in [6.45, 7) is 0.924. The van der Waals surface area contributed by atoms with E-state index >= 15 is 0 Å². The molecule has 2 heterocycles. The Morgan fingerprint density at radius 2 is 1.77 bits per heavy atom. The molecule has 0 radical (unpaired) electrons. The van der Waals surface area contributed by atoms with Crippen LogP contribution in [0.3, 0.4) is 0 Å². The fraction of sp³-hybridized carbons (Fsp3) is 0.438. The molecule has 0 unspecified atom stereocenters. The smallest absolute Gasteiger partial charge is 0.380 e. The number of alkyl halides is 3. The first kappa shape index (κ1) is 15.2. The third-order valence-electron chi connectivity index (χ3n) is 4.25. The minimum Gasteiger partial charge on any atom is -0.380 e. The molecule has 0 amide bonds. The molecular formula is C16H17F3N2O. The highest BCUT2D eigenvalue weighted by atomic mass is 19.4. The fourth-order valence-electron chi connectivity index (χ4n) is 2.79. The Kier molecular flexibility index (Phi) is 3.82. The third-order valence-corrected chi connectivity index (χ3v) is 4.25. The number of halogens is 3. The van der Waals surface area contributed by atoms with E-state index in [2.05, 4.69) is 4.98 Å². The average molecular weight is 310 g/mol. The van der Waals surface area contributed by atoms with Crippen LogP contribution in [0, 0.1) is 0 Å². The molecule has 22 heavy (non-hydrogen) atoms. The van der Waals surface area contributed by atoms with Gasteiger partial charge in [0.15, 0.2) is 5.60 Å². The number of nitrogens with zero attached hydrogens (tertiary/aromatic N) is 2. The molecule has 1 saturated heterocycles. The van der Waals surface area contributed by atoms with Crippen LogP contribution in [-0.4, -0.2) is 39.9 Å². The lowest BCUT2D eigenvalue weighted by Crippen LogP contribution is -2.53. The largest absolute Gasteiger partial charge is 0.417 e. The molecule has 0 spiro atoms. The molecule has 1 aromatic heterocycles. The molecule has 1 aliphatic heterocycles. The van der Waals surface area contributed by atoms with Gasteiger partial charge < -0.3 is 5.11 Å². The van der Waals surface area contributed by atoms with Gasteiger partial charge in [0.05, 0.1) is 11.2 Å². The Hall–Kier alpha value is -1.66. The minimum absolute atomic E-state index is 0.213. The number of hydrogen-bond acceptors (Lipinski definition) is 3. The number of aromatic nitrogens is 1. The van der Waals surface area contributed by atoms with Crippen molar-refractivity contribution in [1.29, 1.82) is 0 Å². The predicted molar refractivity (Wildman–Crippen MR) is 77.3 cm³/mol. The van der Waals surface area contributed by atoms with Crippen molar-refractivity contribution < 1.29 is 18.3 Å². The molecule has 6 heteroatoms. The van der Waals surface area contributed by atoms with Crippen molar-refractivity contribution >= 4 is 10.9 Å². The molecule has 118 valence electrons. The molecule has 1 N–H and O–H groups in total. The lowest BCUT2D eigenvalue weighted by molar-refractivity contribution is -0.272. The number of hydrogen-bond donors (Lipinski definition) is 1. The van der Waals surface area contributed by atoms with E-state index in [9.17, 15) is 18.3 Å². The Morgan fingerprint density at radius 1 is 1.09 bits per heavy atom. The van der Waals surface area contributed by atoms with Crippen LogP contribution in [0.2, 0.25) is 0 Å². The van der Waals surface area contributed by atoms with E-state index in [0.29, 0.717) is 6.54 Å². The van der Waals surface area contributed by atoms with E-state index < -0.39 is 11.8 Å². The van der Waals surface area contributed by atoms with Gasteiger partial charge in [0, 0.05) is 25.0 Å². The number of fused-ring (bicyclic) bond motifs is 1. The van der Waals surface area contributed by atoms with E-state index in [0.717, 1.165) is 16.6 Å². The summed E-state index contributed by atoms with van der Waals surface area (Å²) in [6.07, 6.45) is -5.13. The van der Waals surface area contributed by atoms with Crippen LogP contribution in [0.1, 0.15) is 18.5 Å². The van der Waals surface area contributed by atoms with Gasteiger partial charge in [-0.25, -0.2) is 0 Å². The van der Waals surface area contributed by atoms with Crippen molar-refractivity contribution in [1.82, 2.24) is 9.88 Å². The summed E-state index contributed by atoms with van der Waals surface area (Å²) in [5, 5.41) is 10.7. The molecule has 2 aromatic rings. The van der Waals surface area contributed by atoms with Gasteiger partial charge in [-0.2, -0.15) is 13.2 Å². The van der Waals surface area contributed by atoms with Crippen LogP contribution in [-0.2, 0) is 6.54 Å². The highest BCUT2D eigenvalue weighted by Crippen LogP contribution is 2.38. The second-order valence-corrected chi connectivity index (χ2v) is 5.80. The molecule has 0 bridgehead atoms. The molecular weight excluding hydrogens is 293 g/mol. The van der Waals surface area contributed by atoms with Crippen LogP contribution >= 0.6 is 0 Å². The van der Waals surface area contributed by atoms with Crippen LogP contribution in [0.4, 0.5) is 13.2 Å². The van der Waals surface area contributed by atoms with Crippen molar-refractivity contribution in [3.05, 3.63) is 42.1 Å². The van der Waals surface area contributed by atoms with Gasteiger partial charge in [0.2, 0.25) is 0 Å². The number of pyridine rings is 1. The van der Waals surface area contributed by atoms with Gasteiger partial charge in [-0.3, -0.25) is 9.88 Å². The maximum atomic E-state index is 12.8. The molecule has 0 atom stereocenters. The lowest BCUT2D eigenvalue weighted by Gasteiger charge is -2.38. The third kappa shape index (κ3) is 2.94. The van der Waals surface area contributed by atoms with Crippen molar-refractivity contribution in [2.45, 2.75) is 31.2 Å². The van der Waals surface area contributed by atoms with Gasteiger partial charge >= 0.3 is 6.18 Å². The first-order valence-corrected chi connectivity index (χ1v) is 7.24. The van der Waals surface area contributed by atoms with Crippen LogP contribution in [0.25, 0.3) is 10.9 Å². The van der Waals surface area contributed by atoms with Gasteiger partial charge in [-0.1, -0.05) is 24.3 Å². The van der Waals surface area contributed by atoms with E-state index in [1.54, 1.807) is 0 Å². The summed E-state index contributed by atoms with van der Waals surface area (Å²) in [5.41, 5.74) is -0.833. The molecule has 1 aliphatic rings. The first-order chi connectivity index (χ1) is 10.4. The van der Waals surface area contributed by atoms with Gasteiger partial charge in [-0.15, -0.1) is 0 Å². The zero-order chi connectivity index (χ0) is 15.8. The van der Waals surface area contributed by atoms with Crippen molar-refractivity contribution in [3.8, 4) is 0 Å². The topological polar surface area (TPSA) is 36.4 Å². The zero-order valence-corrected chi connectivity index (χ0v) is 12.0. The molecule has 3 nitrogen and oxygen atoms in total. The molecule has 1 aromatic carbocycles. The van der Waals surface area contributed by atoms with E-state index in [1.165, 1.54) is 0 Å². The summed E-state index contributed by atoms with van der Waals surface area (Å²) in [6, 6.07) is 11.6. The van der Waals surface area contributed by atoms with Crippen LogP contribution < -0.4 is 0 Å². The standard InChI is InChI=1S/C16H17F3N2O/c17-16(18,19)15(22)7-9-21(10-8-15)11-13-6-5-12-3-1-2-4-14(12)20-13/h1-6,22H,7-11H2. The van der Waals surface area contributed by atoms with E-state index in [-0.39, 0.29) is 25.9 Å². The average Bonchev–Trinajstić information content (AvgIpc) is 2.48. The second-order valence-electron chi connectivity index (χ2n) is 5.80. The predicted octanol–water partition coefficient (Wildman–Crippen LogP) is 3.12. The normalized spacial score (nSPS) is 19.5. The SMILES string of the molecule is OC1(C(F)(F)F)CCN(Cc2ccc3ccccc3n2)CC1. The fourth-order valence-corrected chi connectivity index (χ4v) is 2.79. The summed E-state index contributed by atoms with van der Waals surface area (Å²) in [4.78, 5) is 6.43. The maximum Gasteiger partial charge on any atom is 0.417 e. The molecule has 0 saturated carbocycles. The highest BCUT2D eigenvalue weighted by molar-refractivity contribution is 5.78. The van der Waals surface area contributed by atoms with E-state index in [1.807, 2.05) is 41.3 Å². The molecule has 3 rings (SSSR count). The van der Waals surface area contributed by atoms with Crippen LogP contribution in [0.5, 0.6) is 0 Å². The number of benzene rings is 1. The van der Waals surface area contributed by atoms with Gasteiger partial charge in [0.25, 0.3) is 0 Å². The molecule has 1 fully saturated rings. The number of aliphatic hydroxyl groups is 1. The van der Waals surface area contributed by atoms with Crippen molar-refractivity contribution in [2.24, 2.45) is 0 Å². The Morgan fingerprint density at radius 3 is 2.45 bits per heavy atom. The lowest BCUT2D eigenvalue weighted by atomic mass is 9.91. The van der Waals surface area contributed by atoms with Crippen LogP contribution in [0.15, 0.2) is 36.4 Å². The summed E-state index contributed by atoms with van der Waals surface area (Å²) in [7, 11) is 0. The second kappa shape index (κ2) is 5.52. The summed E-state index contributed by atoms with van der Waals surface area (Å²) >= 11 is 0. The van der Waals surface area contributed by atoms with E-state index in [4.69, 9.17) is 0 Å². The van der Waals surface area contributed by atoms with Gasteiger partial charge in [0.1, 0.15) is 0 Å². The Bertz CT molecular complexity index is 664. The van der Waals surface area contributed by atoms with Crippen molar-refractivity contribution in [2.75, 3.05) is 13.1 Å². The molecule has 0 aliphatic carbocycles. The monoisotopic (exact) mass is 310 g/mol. The van der Waals surface area contributed by atoms with Crippen molar-refractivity contribution in [3.63, 3.8) is 0 Å². The zero-order valence-electron chi connectivity index (χ0n) is 12.0. The Labute approximate surface area is 126 Å². The minimum atomic E-state index is -4.56. The maximum absolute atomic E-state index is 12.8. The summed E-state index contributed by atoms with van der Waals surface area (Å²) in [5.74, 6) is 0.